The molecule has 2 aliphatic rings. The summed E-state index contributed by atoms with van der Waals surface area (Å²) in [6.07, 6.45) is 4.30. The average molecular weight is 679 g/mol. The molecule has 13 nitrogen and oxygen atoms in total. The van der Waals surface area contributed by atoms with Gasteiger partial charge in [-0.05, 0) is 51.9 Å². The highest BCUT2D eigenvalue weighted by molar-refractivity contribution is 5.69. The van der Waals surface area contributed by atoms with Crippen LogP contribution in [0, 0.1) is 0 Å². The second-order valence-electron chi connectivity index (χ2n) is 12.8. The Morgan fingerprint density at radius 3 is 1.87 bits per heavy atom. The third kappa shape index (κ3) is 15.0. The second kappa shape index (κ2) is 24.0. The Labute approximate surface area is 279 Å². The monoisotopic (exact) mass is 678 g/mol. The van der Waals surface area contributed by atoms with E-state index < -0.39 is 74.6 Å². The minimum Gasteiger partial charge on any atom is -0.466 e. The number of allylic oxidation sites excluding steroid dienone is 2. The van der Waals surface area contributed by atoms with Gasteiger partial charge in [0.15, 0.2) is 12.6 Å². The molecule has 0 bridgehead atoms. The number of unbranched alkanes of at least 4 members (excludes halogenated alkanes) is 10. The first-order valence-electron chi connectivity index (χ1n) is 17.7. The van der Waals surface area contributed by atoms with Gasteiger partial charge < -0.3 is 59.4 Å². The highest BCUT2D eigenvalue weighted by Gasteiger charge is 2.51. The largest absolute Gasteiger partial charge is 0.466 e. The van der Waals surface area contributed by atoms with Crippen LogP contribution in [0.2, 0.25) is 0 Å². The summed E-state index contributed by atoms with van der Waals surface area (Å²) in [7, 11) is 0. The molecule has 2 rings (SSSR count). The molecule has 7 N–H and O–H groups in total. The van der Waals surface area contributed by atoms with Crippen LogP contribution in [0.5, 0.6) is 0 Å². The van der Waals surface area contributed by atoms with Crippen LogP contribution in [-0.2, 0) is 28.5 Å². The molecule has 47 heavy (non-hydrogen) atoms. The van der Waals surface area contributed by atoms with Gasteiger partial charge in [0, 0.05) is 6.42 Å². The summed E-state index contributed by atoms with van der Waals surface area (Å²) in [5.74, 6) is -0.0752. The van der Waals surface area contributed by atoms with Crippen molar-refractivity contribution in [2.24, 2.45) is 0 Å². The first-order valence-corrected chi connectivity index (χ1v) is 17.7. The Hall–Kier alpha value is -1.23. The van der Waals surface area contributed by atoms with Crippen molar-refractivity contribution in [2.75, 3.05) is 19.8 Å². The standard InChI is InChI=1S/C34H62O13/c1-3-4-20-43-26(37)19-17-15-13-11-9-7-5-6-8-10-12-14-16-18-23(2)44-34-32(30(41)28(39)25(22-36)46-34)47-33-31(42)29(40)27(38)24(21-35)45-33/h5-6,23-25,27-36,38-42H,3-4,7-22H2,1-2H3/b6-5-/t23?,24-,25-,27-,28-,29+,30+,31-,32-,33+,34-/m1/s1. The number of ether oxygens (including phenoxy) is 5. The van der Waals surface area contributed by atoms with Crippen molar-refractivity contribution >= 4 is 5.97 Å². The summed E-state index contributed by atoms with van der Waals surface area (Å²) < 4.78 is 28.0. The molecule has 2 aliphatic heterocycles. The van der Waals surface area contributed by atoms with E-state index in [-0.39, 0.29) is 12.1 Å². The van der Waals surface area contributed by atoms with E-state index in [0.717, 1.165) is 77.0 Å². The van der Waals surface area contributed by atoms with Crippen molar-refractivity contribution in [1.82, 2.24) is 0 Å². The van der Waals surface area contributed by atoms with E-state index in [9.17, 15) is 40.5 Å². The molecule has 2 saturated heterocycles. The topological polar surface area (TPSA) is 205 Å². The van der Waals surface area contributed by atoms with E-state index in [4.69, 9.17) is 23.7 Å². The molecule has 0 aromatic rings. The maximum Gasteiger partial charge on any atom is 0.305 e. The Morgan fingerprint density at radius 2 is 1.26 bits per heavy atom. The van der Waals surface area contributed by atoms with E-state index in [2.05, 4.69) is 19.1 Å². The number of esters is 1. The molecule has 0 aliphatic carbocycles. The number of rotatable bonds is 24. The van der Waals surface area contributed by atoms with Gasteiger partial charge in [-0.15, -0.1) is 0 Å². The van der Waals surface area contributed by atoms with Gasteiger partial charge in [-0.3, -0.25) is 4.79 Å². The SMILES string of the molecule is CCCCOC(=O)CCCCCCC/C=C\CCCCCCC(C)O[C@@H]1O[C@H](CO)[C@@H](O)[C@H](O)[C@H]1O[C@@H]1O[C@H](CO)[C@@H](O)[C@H](O)[C@H]1O. The Kier molecular flexibility index (Phi) is 21.4. The van der Waals surface area contributed by atoms with Gasteiger partial charge in [0.2, 0.25) is 0 Å². The number of aliphatic hydroxyl groups is 7. The molecular formula is C34H62O13. The molecule has 276 valence electrons. The predicted octanol–water partition coefficient (Wildman–Crippen LogP) is 1.99. The quantitative estimate of drug-likeness (QED) is 0.0444. The molecule has 11 atom stereocenters. The van der Waals surface area contributed by atoms with Gasteiger partial charge in [0.05, 0.1) is 25.9 Å². The van der Waals surface area contributed by atoms with Crippen molar-refractivity contribution in [3.05, 3.63) is 12.2 Å². The summed E-state index contributed by atoms with van der Waals surface area (Å²) >= 11 is 0. The Bertz CT molecular complexity index is 843. The van der Waals surface area contributed by atoms with Crippen molar-refractivity contribution < 1.29 is 64.2 Å². The minimum absolute atomic E-state index is 0.0752. The van der Waals surface area contributed by atoms with Crippen LogP contribution in [-0.4, -0.2) is 129 Å². The summed E-state index contributed by atoms with van der Waals surface area (Å²) in [5, 5.41) is 70.8. The number of hydrogen-bond donors (Lipinski definition) is 7. The van der Waals surface area contributed by atoms with Gasteiger partial charge in [0.25, 0.3) is 0 Å². The normalized spacial score (nSPS) is 32.1. The Morgan fingerprint density at radius 1 is 0.702 bits per heavy atom. The van der Waals surface area contributed by atoms with Crippen molar-refractivity contribution in [2.45, 2.75) is 178 Å². The molecule has 13 heteroatoms. The molecule has 2 fully saturated rings. The second-order valence-corrected chi connectivity index (χ2v) is 12.8. The van der Waals surface area contributed by atoms with Crippen LogP contribution < -0.4 is 0 Å². The lowest BCUT2D eigenvalue weighted by Crippen LogP contribution is -2.64. The zero-order valence-corrected chi connectivity index (χ0v) is 28.3. The predicted molar refractivity (Wildman–Crippen MR) is 172 cm³/mol. The van der Waals surface area contributed by atoms with E-state index in [1.54, 1.807) is 0 Å². The van der Waals surface area contributed by atoms with E-state index in [0.29, 0.717) is 19.4 Å². The van der Waals surface area contributed by atoms with Crippen molar-refractivity contribution in [3.63, 3.8) is 0 Å². The molecule has 0 amide bonds. The van der Waals surface area contributed by atoms with Gasteiger partial charge in [-0.25, -0.2) is 0 Å². The first kappa shape index (κ1) is 41.9. The highest BCUT2D eigenvalue weighted by Crippen LogP contribution is 2.30. The molecule has 0 radical (unpaired) electrons. The van der Waals surface area contributed by atoms with Crippen LogP contribution in [0.1, 0.15) is 110 Å². The number of carbonyl (C=O) groups is 1. The number of aliphatic hydroxyl groups excluding tert-OH is 7. The van der Waals surface area contributed by atoms with E-state index in [1.165, 1.54) is 6.42 Å². The van der Waals surface area contributed by atoms with E-state index in [1.807, 2.05) is 6.92 Å². The van der Waals surface area contributed by atoms with Crippen molar-refractivity contribution in [3.8, 4) is 0 Å². The first-order chi connectivity index (χ1) is 22.6. The molecule has 1 unspecified atom stereocenters. The highest BCUT2D eigenvalue weighted by atomic mass is 16.8. The fourth-order valence-corrected chi connectivity index (χ4v) is 5.69. The molecule has 0 aromatic carbocycles. The molecule has 0 spiro atoms. The van der Waals surface area contributed by atoms with Gasteiger partial charge in [-0.2, -0.15) is 0 Å². The molecule has 2 heterocycles. The zero-order chi connectivity index (χ0) is 34.6. The summed E-state index contributed by atoms with van der Waals surface area (Å²) in [4.78, 5) is 11.6. The van der Waals surface area contributed by atoms with Crippen LogP contribution in [0.4, 0.5) is 0 Å². The fraction of sp³-hybridized carbons (Fsp3) is 0.912. The lowest BCUT2D eigenvalue weighted by molar-refractivity contribution is -0.371. The van der Waals surface area contributed by atoms with E-state index >= 15 is 0 Å². The molecule has 0 aromatic heterocycles. The van der Waals surface area contributed by atoms with Gasteiger partial charge in [0.1, 0.15) is 48.8 Å². The smallest absolute Gasteiger partial charge is 0.305 e. The minimum atomic E-state index is -1.71. The maximum atomic E-state index is 11.6. The maximum absolute atomic E-state index is 11.6. The van der Waals surface area contributed by atoms with Crippen LogP contribution in [0.3, 0.4) is 0 Å². The lowest BCUT2D eigenvalue weighted by atomic mass is 9.97. The number of carbonyl (C=O) groups excluding carboxylic acids is 1. The average Bonchev–Trinajstić information content (AvgIpc) is 3.06. The summed E-state index contributed by atoms with van der Waals surface area (Å²) in [6.45, 7) is 3.22. The van der Waals surface area contributed by atoms with Gasteiger partial charge in [-0.1, -0.05) is 64.0 Å². The Balaban J connectivity index is 1.62. The summed E-state index contributed by atoms with van der Waals surface area (Å²) in [6, 6.07) is 0. The molecule has 0 saturated carbocycles. The number of hydrogen-bond acceptors (Lipinski definition) is 13. The summed E-state index contributed by atoms with van der Waals surface area (Å²) in [5.41, 5.74) is 0. The van der Waals surface area contributed by atoms with Crippen LogP contribution in [0.25, 0.3) is 0 Å². The third-order valence-electron chi connectivity index (χ3n) is 8.74. The van der Waals surface area contributed by atoms with Crippen LogP contribution in [0.15, 0.2) is 12.2 Å². The van der Waals surface area contributed by atoms with Gasteiger partial charge >= 0.3 is 5.97 Å². The third-order valence-corrected chi connectivity index (χ3v) is 8.74. The fourth-order valence-electron chi connectivity index (χ4n) is 5.69. The van der Waals surface area contributed by atoms with Crippen LogP contribution >= 0.6 is 0 Å². The zero-order valence-electron chi connectivity index (χ0n) is 28.3. The van der Waals surface area contributed by atoms with Crippen molar-refractivity contribution in [1.29, 1.82) is 0 Å². The molecular weight excluding hydrogens is 616 g/mol. The lowest BCUT2D eigenvalue weighted by Gasteiger charge is -2.46.